The molecule has 4 rings (SSSR count). The van der Waals surface area contributed by atoms with E-state index in [2.05, 4.69) is 4.72 Å². The highest BCUT2D eigenvalue weighted by atomic mass is 32.2. The van der Waals surface area contributed by atoms with Crippen molar-refractivity contribution in [3.05, 3.63) is 48.0 Å². The lowest BCUT2D eigenvalue weighted by atomic mass is 10.1. The molecule has 1 N–H and O–H groups in total. The van der Waals surface area contributed by atoms with E-state index in [0.29, 0.717) is 49.3 Å². The van der Waals surface area contributed by atoms with Gasteiger partial charge in [0.05, 0.1) is 16.1 Å². The summed E-state index contributed by atoms with van der Waals surface area (Å²) in [4.78, 5) is 14.5. The van der Waals surface area contributed by atoms with Crippen LogP contribution in [0.3, 0.4) is 0 Å². The van der Waals surface area contributed by atoms with Gasteiger partial charge in [0, 0.05) is 41.5 Å². The average Bonchev–Trinajstić information content (AvgIpc) is 2.73. The van der Waals surface area contributed by atoms with Gasteiger partial charge in [0.15, 0.2) is 11.5 Å². The summed E-state index contributed by atoms with van der Waals surface area (Å²) in [6.07, 6.45) is 0. The van der Waals surface area contributed by atoms with Crippen molar-refractivity contribution < 1.29 is 26.9 Å². The number of carbonyl (C=O) groups excluding carboxylic acids is 1. The van der Waals surface area contributed by atoms with Crippen molar-refractivity contribution >= 4 is 32.4 Å². The molecule has 2 aromatic carbocycles. The van der Waals surface area contributed by atoms with Gasteiger partial charge in [-0.2, -0.15) is 0 Å². The SMILES string of the molecule is O=C(c1ccccc1NS(=O)(=O)c1ccc2c(c1)OCCO2)N1CCS(=O)CC1. The molecule has 0 aliphatic carbocycles. The molecule has 0 atom stereocenters. The third kappa shape index (κ3) is 4.23. The molecule has 0 bridgehead atoms. The normalized spacial score (nSPS) is 17.0. The maximum Gasteiger partial charge on any atom is 0.262 e. The molecule has 2 aromatic rings. The van der Waals surface area contributed by atoms with Crippen LogP contribution in [-0.2, 0) is 20.8 Å². The predicted molar refractivity (Wildman–Crippen MR) is 108 cm³/mol. The van der Waals surface area contributed by atoms with Crippen LogP contribution in [-0.4, -0.2) is 61.2 Å². The first-order chi connectivity index (χ1) is 13.9. The molecular formula is C19H20N2O6S2. The molecule has 1 fully saturated rings. The van der Waals surface area contributed by atoms with Crippen molar-refractivity contribution in [3.63, 3.8) is 0 Å². The predicted octanol–water partition coefficient (Wildman–Crippen LogP) is 1.46. The minimum absolute atomic E-state index is 0.0115. The molecular weight excluding hydrogens is 416 g/mol. The fraction of sp³-hybridized carbons (Fsp3) is 0.316. The number of carbonyl (C=O) groups is 1. The van der Waals surface area contributed by atoms with Gasteiger partial charge >= 0.3 is 0 Å². The summed E-state index contributed by atoms with van der Waals surface area (Å²) in [5.74, 6) is 1.42. The summed E-state index contributed by atoms with van der Waals surface area (Å²) < 4.78 is 50.7. The molecule has 2 aliphatic rings. The Balaban J connectivity index is 1.59. The van der Waals surface area contributed by atoms with Crippen molar-refractivity contribution in [2.45, 2.75) is 4.90 Å². The van der Waals surface area contributed by atoms with Crippen LogP contribution in [0.5, 0.6) is 11.5 Å². The van der Waals surface area contributed by atoms with E-state index in [1.807, 2.05) is 0 Å². The number of nitrogens with one attached hydrogen (secondary N) is 1. The number of ether oxygens (including phenoxy) is 2. The van der Waals surface area contributed by atoms with Gasteiger partial charge in [0.1, 0.15) is 13.2 Å². The smallest absolute Gasteiger partial charge is 0.262 e. The van der Waals surface area contributed by atoms with E-state index in [4.69, 9.17) is 9.47 Å². The van der Waals surface area contributed by atoms with Gasteiger partial charge in [-0.25, -0.2) is 8.42 Å². The van der Waals surface area contributed by atoms with Gasteiger partial charge in [-0.15, -0.1) is 0 Å². The molecule has 2 aliphatic heterocycles. The maximum atomic E-state index is 12.9. The number of hydrogen-bond acceptors (Lipinski definition) is 6. The quantitative estimate of drug-likeness (QED) is 0.779. The van der Waals surface area contributed by atoms with E-state index in [1.54, 1.807) is 35.2 Å². The lowest BCUT2D eigenvalue weighted by molar-refractivity contribution is 0.0772. The van der Waals surface area contributed by atoms with Gasteiger partial charge in [-0.05, 0) is 24.3 Å². The number of anilines is 1. The number of hydrogen-bond donors (Lipinski definition) is 1. The monoisotopic (exact) mass is 436 g/mol. The molecule has 8 nitrogen and oxygen atoms in total. The second kappa shape index (κ2) is 8.03. The van der Waals surface area contributed by atoms with E-state index >= 15 is 0 Å². The minimum Gasteiger partial charge on any atom is -0.486 e. The Hall–Kier alpha value is -2.59. The summed E-state index contributed by atoms with van der Waals surface area (Å²) in [6, 6.07) is 10.8. The largest absolute Gasteiger partial charge is 0.486 e. The van der Waals surface area contributed by atoms with E-state index < -0.39 is 20.8 Å². The van der Waals surface area contributed by atoms with Crippen molar-refractivity contribution in [2.24, 2.45) is 0 Å². The highest BCUT2D eigenvalue weighted by Crippen LogP contribution is 2.33. The van der Waals surface area contributed by atoms with Gasteiger partial charge < -0.3 is 14.4 Å². The highest BCUT2D eigenvalue weighted by molar-refractivity contribution is 7.92. The van der Waals surface area contributed by atoms with E-state index in [9.17, 15) is 17.4 Å². The second-order valence-electron chi connectivity index (χ2n) is 6.60. The molecule has 1 saturated heterocycles. The fourth-order valence-corrected chi connectivity index (χ4v) is 5.31. The van der Waals surface area contributed by atoms with Crippen LogP contribution >= 0.6 is 0 Å². The third-order valence-corrected chi connectivity index (χ3v) is 7.33. The number of amides is 1. The Kier molecular flexibility index (Phi) is 5.46. The first kappa shape index (κ1) is 19.7. The lowest BCUT2D eigenvalue weighted by Crippen LogP contribution is -2.42. The van der Waals surface area contributed by atoms with Crippen LogP contribution in [0.1, 0.15) is 10.4 Å². The third-order valence-electron chi connectivity index (χ3n) is 4.69. The second-order valence-corrected chi connectivity index (χ2v) is 9.98. The van der Waals surface area contributed by atoms with Crippen molar-refractivity contribution in [2.75, 3.05) is 42.5 Å². The highest BCUT2D eigenvalue weighted by Gasteiger charge is 2.25. The summed E-state index contributed by atoms with van der Waals surface area (Å²) in [5.41, 5.74) is 0.445. The van der Waals surface area contributed by atoms with Gasteiger partial charge in [-0.1, -0.05) is 12.1 Å². The Bertz CT molecular complexity index is 1060. The molecule has 1 amide bonds. The van der Waals surface area contributed by atoms with E-state index in [-0.39, 0.29) is 22.1 Å². The molecule has 10 heteroatoms. The van der Waals surface area contributed by atoms with Crippen molar-refractivity contribution in [1.82, 2.24) is 4.90 Å². The Morgan fingerprint density at radius 1 is 1.00 bits per heavy atom. The van der Waals surface area contributed by atoms with Crippen LogP contribution in [0.2, 0.25) is 0 Å². The number of nitrogens with zero attached hydrogens (tertiary/aromatic N) is 1. The topological polar surface area (TPSA) is 102 Å². The summed E-state index contributed by atoms with van der Waals surface area (Å²) in [5, 5.41) is 0. The zero-order chi connectivity index (χ0) is 20.4. The molecule has 0 spiro atoms. The summed E-state index contributed by atoms with van der Waals surface area (Å²) >= 11 is 0. The minimum atomic E-state index is -3.95. The van der Waals surface area contributed by atoms with Crippen LogP contribution in [0, 0.1) is 0 Å². The Labute approximate surface area is 171 Å². The standard InChI is InChI=1S/C19H20N2O6S2/c22-19(21-7-11-28(23)12-8-21)15-3-1-2-4-16(15)20-29(24,25)14-5-6-17-18(13-14)27-10-9-26-17/h1-6,13,20H,7-12H2. The molecule has 0 saturated carbocycles. The molecule has 0 unspecified atom stereocenters. The summed E-state index contributed by atoms with van der Waals surface area (Å²) in [6.45, 7) is 1.53. The average molecular weight is 437 g/mol. The van der Waals surface area contributed by atoms with Crippen LogP contribution in [0.15, 0.2) is 47.4 Å². The number of fused-ring (bicyclic) bond motifs is 1. The first-order valence-corrected chi connectivity index (χ1v) is 12.1. The molecule has 0 radical (unpaired) electrons. The Morgan fingerprint density at radius 2 is 1.69 bits per heavy atom. The molecule has 0 aromatic heterocycles. The van der Waals surface area contributed by atoms with Gasteiger partial charge in [0.2, 0.25) is 0 Å². The van der Waals surface area contributed by atoms with Gasteiger partial charge in [0.25, 0.3) is 15.9 Å². The first-order valence-electron chi connectivity index (χ1n) is 9.10. The molecule has 2 heterocycles. The zero-order valence-electron chi connectivity index (χ0n) is 15.5. The van der Waals surface area contributed by atoms with Crippen LogP contribution in [0.4, 0.5) is 5.69 Å². The number of rotatable bonds is 4. The van der Waals surface area contributed by atoms with Gasteiger partial charge in [-0.3, -0.25) is 13.7 Å². The maximum absolute atomic E-state index is 12.9. The fourth-order valence-electron chi connectivity index (χ4n) is 3.16. The van der Waals surface area contributed by atoms with E-state index in [1.165, 1.54) is 12.1 Å². The van der Waals surface area contributed by atoms with Crippen LogP contribution < -0.4 is 14.2 Å². The Morgan fingerprint density at radius 3 is 2.45 bits per heavy atom. The molecule has 29 heavy (non-hydrogen) atoms. The van der Waals surface area contributed by atoms with E-state index in [0.717, 1.165) is 0 Å². The lowest BCUT2D eigenvalue weighted by Gasteiger charge is -2.27. The van der Waals surface area contributed by atoms with Crippen molar-refractivity contribution in [1.29, 1.82) is 0 Å². The number of benzene rings is 2. The number of sulfonamides is 1. The summed E-state index contributed by atoms with van der Waals surface area (Å²) in [7, 11) is -4.86. The zero-order valence-corrected chi connectivity index (χ0v) is 17.1. The van der Waals surface area contributed by atoms with Crippen LogP contribution in [0.25, 0.3) is 0 Å². The van der Waals surface area contributed by atoms with Crippen molar-refractivity contribution in [3.8, 4) is 11.5 Å². The molecule has 154 valence electrons. The number of para-hydroxylation sites is 1.